The van der Waals surface area contributed by atoms with Crippen molar-refractivity contribution in [2.24, 2.45) is 7.05 Å². The van der Waals surface area contributed by atoms with Crippen LogP contribution in [-0.2, 0) is 24.8 Å². The van der Waals surface area contributed by atoms with E-state index in [1.54, 1.807) is 31.6 Å². The smallest absolute Gasteiger partial charge is 0.268 e. The molecule has 164 valence electrons. The van der Waals surface area contributed by atoms with E-state index in [4.69, 9.17) is 9.15 Å². The molecule has 7 nitrogen and oxygen atoms in total. The van der Waals surface area contributed by atoms with Crippen molar-refractivity contribution in [1.82, 2.24) is 15.2 Å². The van der Waals surface area contributed by atoms with Crippen LogP contribution in [0.15, 0.2) is 77.4 Å². The third-order valence-corrected chi connectivity index (χ3v) is 5.40. The number of hydrogen-bond donors (Lipinski definition) is 2. The van der Waals surface area contributed by atoms with Crippen LogP contribution in [0.1, 0.15) is 21.8 Å². The highest BCUT2D eigenvalue weighted by Gasteiger charge is 2.24. The maximum atomic E-state index is 13.2. The number of nitrogens with zero attached hydrogens (tertiary/aromatic N) is 1. The first-order valence-corrected chi connectivity index (χ1v) is 10.3. The lowest BCUT2D eigenvalue weighted by atomic mass is 10.0. The van der Waals surface area contributed by atoms with Crippen molar-refractivity contribution in [2.75, 3.05) is 7.11 Å². The fourth-order valence-corrected chi connectivity index (χ4v) is 3.67. The Labute approximate surface area is 186 Å². The number of amides is 2. The number of aromatic nitrogens is 1. The zero-order chi connectivity index (χ0) is 22.5. The van der Waals surface area contributed by atoms with Crippen LogP contribution < -0.4 is 15.4 Å². The molecule has 0 saturated carbocycles. The summed E-state index contributed by atoms with van der Waals surface area (Å²) in [7, 11) is 3.43. The number of carbonyl (C=O) groups excluding carboxylic acids is 2. The number of methoxy groups -OCH3 is 1. The third-order valence-electron chi connectivity index (χ3n) is 5.40. The highest BCUT2D eigenvalue weighted by molar-refractivity contribution is 6.01. The molecule has 0 radical (unpaired) electrons. The van der Waals surface area contributed by atoms with Crippen LogP contribution in [0.2, 0.25) is 0 Å². The van der Waals surface area contributed by atoms with E-state index in [9.17, 15) is 9.59 Å². The Morgan fingerprint density at radius 1 is 1.06 bits per heavy atom. The lowest BCUT2D eigenvalue weighted by molar-refractivity contribution is -0.123. The first kappa shape index (κ1) is 21.2. The summed E-state index contributed by atoms with van der Waals surface area (Å²) < 4.78 is 12.4. The lowest BCUT2D eigenvalue weighted by Crippen LogP contribution is -2.48. The number of rotatable bonds is 8. The Morgan fingerprint density at radius 2 is 1.88 bits per heavy atom. The van der Waals surface area contributed by atoms with Crippen LogP contribution in [0.4, 0.5) is 0 Å². The summed E-state index contributed by atoms with van der Waals surface area (Å²) in [5.41, 5.74) is 2.32. The molecule has 0 aliphatic carbocycles. The minimum atomic E-state index is -0.743. The Balaban J connectivity index is 1.55. The van der Waals surface area contributed by atoms with Gasteiger partial charge >= 0.3 is 0 Å². The summed E-state index contributed by atoms with van der Waals surface area (Å²) in [6.45, 7) is 0.251. The molecule has 0 spiro atoms. The van der Waals surface area contributed by atoms with E-state index in [-0.39, 0.29) is 18.4 Å². The average molecular weight is 431 g/mol. The monoisotopic (exact) mass is 431 g/mol. The molecule has 2 heterocycles. The number of carbonyl (C=O) groups is 2. The minimum Gasteiger partial charge on any atom is -0.497 e. The SMILES string of the molecule is COc1ccc2c(c1)cc(C(=O)NC(Cc1ccccc1)C(=O)NCc1ccco1)n2C. The van der Waals surface area contributed by atoms with Crippen molar-refractivity contribution >= 4 is 22.7 Å². The number of ether oxygens (including phenoxy) is 1. The highest BCUT2D eigenvalue weighted by atomic mass is 16.5. The van der Waals surface area contributed by atoms with E-state index in [2.05, 4.69) is 10.6 Å². The fraction of sp³-hybridized carbons (Fsp3) is 0.200. The highest BCUT2D eigenvalue weighted by Crippen LogP contribution is 2.24. The molecule has 2 aromatic heterocycles. The molecule has 32 heavy (non-hydrogen) atoms. The predicted octanol–water partition coefficient (Wildman–Crippen LogP) is 3.44. The van der Waals surface area contributed by atoms with Crippen molar-refractivity contribution in [3.8, 4) is 5.75 Å². The van der Waals surface area contributed by atoms with Gasteiger partial charge in [-0.2, -0.15) is 0 Å². The van der Waals surface area contributed by atoms with Crippen LogP contribution in [0.5, 0.6) is 5.75 Å². The summed E-state index contributed by atoms with van der Waals surface area (Å²) in [4.78, 5) is 26.1. The maximum Gasteiger partial charge on any atom is 0.268 e. The Hall–Kier alpha value is -4.00. The molecule has 1 atom stereocenters. The number of furan rings is 1. The zero-order valence-corrected chi connectivity index (χ0v) is 18.0. The van der Waals surface area contributed by atoms with Gasteiger partial charge in [0, 0.05) is 24.4 Å². The maximum absolute atomic E-state index is 13.2. The van der Waals surface area contributed by atoms with Crippen LogP contribution in [0.25, 0.3) is 10.9 Å². The van der Waals surface area contributed by atoms with Gasteiger partial charge in [0.2, 0.25) is 5.91 Å². The molecule has 0 bridgehead atoms. The van der Waals surface area contributed by atoms with Crippen LogP contribution in [0.3, 0.4) is 0 Å². The zero-order valence-electron chi connectivity index (χ0n) is 18.0. The third kappa shape index (κ3) is 4.67. The molecule has 4 rings (SSSR count). The van der Waals surface area contributed by atoms with Crippen molar-refractivity contribution in [1.29, 1.82) is 0 Å². The van der Waals surface area contributed by atoms with E-state index >= 15 is 0 Å². The van der Waals surface area contributed by atoms with Gasteiger partial charge in [-0.3, -0.25) is 9.59 Å². The number of benzene rings is 2. The molecule has 2 aromatic carbocycles. The van der Waals surface area contributed by atoms with E-state index in [0.717, 1.165) is 16.5 Å². The van der Waals surface area contributed by atoms with Gasteiger partial charge in [0.15, 0.2) is 0 Å². The summed E-state index contributed by atoms with van der Waals surface area (Å²) in [6, 6.07) is 19.8. The Morgan fingerprint density at radius 3 is 2.59 bits per heavy atom. The first-order chi connectivity index (χ1) is 15.5. The van der Waals surface area contributed by atoms with Gasteiger partial charge in [0.05, 0.1) is 19.9 Å². The van der Waals surface area contributed by atoms with E-state index < -0.39 is 6.04 Å². The van der Waals surface area contributed by atoms with Gasteiger partial charge in [0.25, 0.3) is 5.91 Å². The second-order valence-corrected chi connectivity index (χ2v) is 7.53. The predicted molar refractivity (Wildman–Crippen MR) is 121 cm³/mol. The molecule has 4 aromatic rings. The van der Waals surface area contributed by atoms with Gasteiger partial charge in [0.1, 0.15) is 23.2 Å². The Kier molecular flexibility index (Phi) is 6.26. The number of fused-ring (bicyclic) bond motifs is 1. The van der Waals surface area contributed by atoms with Gasteiger partial charge in [-0.1, -0.05) is 30.3 Å². The van der Waals surface area contributed by atoms with Crippen molar-refractivity contribution in [3.63, 3.8) is 0 Å². The summed E-state index contributed by atoms with van der Waals surface area (Å²) in [6.07, 6.45) is 1.92. The molecule has 0 aliphatic rings. The molecule has 0 aliphatic heterocycles. The molecule has 7 heteroatoms. The summed E-state index contributed by atoms with van der Waals surface area (Å²) in [5, 5.41) is 6.64. The molecule has 0 saturated heterocycles. The number of nitrogens with one attached hydrogen (secondary N) is 2. The summed E-state index contributed by atoms with van der Waals surface area (Å²) in [5.74, 6) is 0.760. The second-order valence-electron chi connectivity index (χ2n) is 7.53. The van der Waals surface area contributed by atoms with E-state index in [1.165, 1.54) is 0 Å². The van der Waals surface area contributed by atoms with Gasteiger partial charge in [-0.15, -0.1) is 0 Å². The van der Waals surface area contributed by atoms with Crippen molar-refractivity contribution < 1.29 is 18.7 Å². The van der Waals surface area contributed by atoms with Crippen LogP contribution in [-0.4, -0.2) is 29.5 Å². The van der Waals surface area contributed by atoms with E-state index in [0.29, 0.717) is 23.6 Å². The largest absolute Gasteiger partial charge is 0.497 e. The molecular weight excluding hydrogens is 406 g/mol. The van der Waals surface area contributed by atoms with Crippen molar-refractivity contribution in [3.05, 3.63) is 90.0 Å². The number of aryl methyl sites for hydroxylation is 1. The van der Waals surface area contributed by atoms with Gasteiger partial charge < -0.3 is 24.4 Å². The Bertz CT molecular complexity index is 1210. The van der Waals surface area contributed by atoms with E-state index in [1.807, 2.05) is 60.1 Å². The lowest BCUT2D eigenvalue weighted by Gasteiger charge is -2.19. The molecular formula is C25H25N3O4. The molecule has 0 fully saturated rings. The number of hydrogen-bond acceptors (Lipinski definition) is 4. The first-order valence-electron chi connectivity index (χ1n) is 10.3. The second kappa shape index (κ2) is 9.43. The normalized spacial score (nSPS) is 11.8. The molecule has 2 N–H and O–H groups in total. The van der Waals surface area contributed by atoms with Crippen molar-refractivity contribution in [2.45, 2.75) is 19.0 Å². The molecule has 2 amide bonds. The van der Waals surface area contributed by atoms with Gasteiger partial charge in [-0.05, 0) is 42.0 Å². The van der Waals surface area contributed by atoms with Crippen LogP contribution in [0, 0.1) is 0 Å². The fourth-order valence-electron chi connectivity index (χ4n) is 3.67. The standard InChI is InChI=1S/C25H25N3O4/c1-28-22-11-10-19(31-2)14-18(22)15-23(28)25(30)27-21(13-17-7-4-3-5-8-17)24(29)26-16-20-9-6-12-32-20/h3-12,14-15,21H,13,16H2,1-2H3,(H,26,29)(H,27,30). The quantitative estimate of drug-likeness (QED) is 0.448. The molecule has 1 unspecified atom stereocenters. The van der Waals surface area contributed by atoms with Gasteiger partial charge in [-0.25, -0.2) is 0 Å². The topological polar surface area (TPSA) is 85.5 Å². The average Bonchev–Trinajstić information content (AvgIpc) is 3.45. The van der Waals surface area contributed by atoms with Crippen LogP contribution >= 0.6 is 0 Å². The summed E-state index contributed by atoms with van der Waals surface area (Å²) >= 11 is 0. The minimum absolute atomic E-state index is 0.251.